The molecule has 0 saturated carbocycles. The Morgan fingerprint density at radius 3 is 1.52 bits per heavy atom. The fraction of sp³-hybridized carbons (Fsp3) is 0.400. The first-order chi connectivity index (χ1) is 10.1. The summed E-state index contributed by atoms with van der Waals surface area (Å²) in [6.07, 6.45) is -23.3. The van der Waals surface area contributed by atoms with E-state index in [0.29, 0.717) is 18.2 Å². The van der Waals surface area contributed by atoms with Gasteiger partial charge >= 0.3 is 24.6 Å². The Morgan fingerprint density at radius 2 is 1.13 bits per heavy atom. The van der Waals surface area contributed by atoms with E-state index in [2.05, 4.69) is 25.4 Å². The summed E-state index contributed by atoms with van der Waals surface area (Å²) in [6.45, 7) is 0. The first-order valence-corrected chi connectivity index (χ1v) is 5.93. The van der Waals surface area contributed by atoms with Gasteiger partial charge in [0.2, 0.25) is 0 Å². The fourth-order valence-electron chi connectivity index (χ4n) is 1.03. The molecule has 13 heteroatoms. The van der Waals surface area contributed by atoms with Gasteiger partial charge in [0.25, 0.3) is 0 Å². The minimum Gasteiger partial charge on any atom is -0.426 e. The number of hydrogen-bond donors (Lipinski definition) is 0. The molecular weight excluding hydrogens is 422 g/mol. The zero-order chi connectivity index (χ0) is 18.3. The molecule has 0 aliphatic heterocycles. The Balaban J connectivity index is 3.00. The van der Waals surface area contributed by atoms with Crippen LogP contribution in [-0.4, -0.2) is 24.6 Å². The summed E-state index contributed by atoms with van der Waals surface area (Å²) in [4.78, 5) is 0. The molecule has 0 radical (unpaired) electrons. The standard InChI is InChI=1S/C10H3BrF10O2/c11-5-3-4(22-9(18,19)7(12,13)14)1-2-6(5)23-10(20,21)8(15,16)17/h1-3H. The summed E-state index contributed by atoms with van der Waals surface area (Å²) in [6, 6.07) is 0.902. The van der Waals surface area contributed by atoms with Crippen LogP contribution in [-0.2, 0) is 0 Å². The number of benzene rings is 1. The lowest BCUT2D eigenvalue weighted by molar-refractivity contribution is -0.361. The average Bonchev–Trinajstić information content (AvgIpc) is 2.29. The molecule has 0 unspecified atom stereocenters. The topological polar surface area (TPSA) is 18.5 Å². The quantitative estimate of drug-likeness (QED) is 0.592. The molecule has 0 bridgehead atoms. The Kier molecular flexibility index (Phi) is 5.05. The highest BCUT2D eigenvalue weighted by atomic mass is 79.9. The maximum Gasteiger partial charge on any atom is 0.499 e. The summed E-state index contributed by atoms with van der Waals surface area (Å²) < 4.78 is 128. The van der Waals surface area contributed by atoms with Crippen molar-refractivity contribution in [3.8, 4) is 11.5 Å². The van der Waals surface area contributed by atoms with Gasteiger partial charge in [0.1, 0.15) is 11.5 Å². The Bertz CT molecular complexity index is 566. The molecule has 0 N–H and O–H groups in total. The van der Waals surface area contributed by atoms with Crippen molar-refractivity contribution in [3.05, 3.63) is 22.7 Å². The van der Waals surface area contributed by atoms with Crippen LogP contribution in [0.5, 0.6) is 11.5 Å². The molecule has 0 atom stereocenters. The van der Waals surface area contributed by atoms with Gasteiger partial charge in [0.05, 0.1) is 4.47 Å². The summed E-state index contributed by atoms with van der Waals surface area (Å²) in [5, 5.41) is 0. The number of ether oxygens (including phenoxy) is 2. The molecule has 2 nitrogen and oxygen atoms in total. The van der Waals surface area contributed by atoms with Gasteiger partial charge in [-0.15, -0.1) is 0 Å². The Labute approximate surface area is 129 Å². The highest BCUT2D eigenvalue weighted by Gasteiger charge is 2.62. The van der Waals surface area contributed by atoms with E-state index in [1.54, 1.807) is 0 Å². The second kappa shape index (κ2) is 5.91. The van der Waals surface area contributed by atoms with Crippen LogP contribution in [0, 0.1) is 0 Å². The van der Waals surface area contributed by atoms with Crippen molar-refractivity contribution in [2.45, 2.75) is 24.6 Å². The van der Waals surface area contributed by atoms with E-state index in [9.17, 15) is 43.9 Å². The van der Waals surface area contributed by atoms with Gasteiger partial charge in [0.15, 0.2) is 0 Å². The molecule has 0 aliphatic carbocycles. The summed E-state index contributed by atoms with van der Waals surface area (Å²) >= 11 is 2.39. The van der Waals surface area contributed by atoms with Gasteiger partial charge in [0, 0.05) is 0 Å². The highest BCUT2D eigenvalue weighted by Crippen LogP contribution is 2.42. The van der Waals surface area contributed by atoms with Crippen LogP contribution in [0.4, 0.5) is 43.9 Å². The van der Waals surface area contributed by atoms with Crippen LogP contribution in [0.25, 0.3) is 0 Å². The van der Waals surface area contributed by atoms with Gasteiger partial charge in [-0.2, -0.15) is 43.9 Å². The van der Waals surface area contributed by atoms with E-state index in [1.165, 1.54) is 0 Å². The lowest BCUT2D eigenvalue weighted by Gasteiger charge is -2.22. The first kappa shape index (κ1) is 19.6. The average molecular weight is 425 g/mol. The maximum absolute atomic E-state index is 12.7. The number of rotatable bonds is 4. The molecule has 0 aliphatic rings. The lowest BCUT2D eigenvalue weighted by Crippen LogP contribution is -2.42. The van der Waals surface area contributed by atoms with Crippen LogP contribution in [0.2, 0.25) is 0 Å². The predicted octanol–water partition coefficient (Wildman–Crippen LogP) is 5.52. The SMILES string of the molecule is FC(F)(F)C(F)(F)Oc1ccc(OC(F)(F)C(F)(F)F)c(Br)c1. The van der Waals surface area contributed by atoms with Gasteiger partial charge in [-0.25, -0.2) is 0 Å². The predicted molar refractivity (Wildman–Crippen MR) is 57.4 cm³/mol. The highest BCUT2D eigenvalue weighted by molar-refractivity contribution is 9.10. The van der Waals surface area contributed by atoms with Crippen molar-refractivity contribution in [2.75, 3.05) is 0 Å². The molecule has 23 heavy (non-hydrogen) atoms. The molecule has 132 valence electrons. The van der Waals surface area contributed by atoms with Gasteiger partial charge < -0.3 is 9.47 Å². The van der Waals surface area contributed by atoms with Gasteiger partial charge in [-0.3, -0.25) is 0 Å². The van der Waals surface area contributed by atoms with Crippen molar-refractivity contribution >= 4 is 15.9 Å². The molecule has 1 aromatic rings. The van der Waals surface area contributed by atoms with Crippen molar-refractivity contribution in [1.82, 2.24) is 0 Å². The molecule has 0 saturated heterocycles. The number of alkyl halides is 10. The molecule has 1 aromatic carbocycles. The molecular formula is C10H3BrF10O2. The smallest absolute Gasteiger partial charge is 0.426 e. The first-order valence-electron chi connectivity index (χ1n) is 5.13. The Morgan fingerprint density at radius 1 is 0.696 bits per heavy atom. The molecule has 0 aromatic heterocycles. The second-order valence-corrected chi connectivity index (χ2v) is 4.68. The van der Waals surface area contributed by atoms with Crippen LogP contribution in [0.15, 0.2) is 22.7 Å². The van der Waals surface area contributed by atoms with E-state index in [4.69, 9.17) is 0 Å². The van der Waals surface area contributed by atoms with Gasteiger partial charge in [-0.1, -0.05) is 0 Å². The van der Waals surface area contributed by atoms with Crippen LogP contribution < -0.4 is 9.47 Å². The van der Waals surface area contributed by atoms with E-state index in [0.717, 1.165) is 0 Å². The normalized spacial score (nSPS) is 13.9. The third-order valence-electron chi connectivity index (χ3n) is 2.05. The van der Waals surface area contributed by atoms with E-state index in [-0.39, 0.29) is 0 Å². The van der Waals surface area contributed by atoms with Crippen molar-refractivity contribution in [3.63, 3.8) is 0 Å². The maximum atomic E-state index is 12.7. The lowest BCUT2D eigenvalue weighted by atomic mass is 10.3. The van der Waals surface area contributed by atoms with Crippen LogP contribution in [0.3, 0.4) is 0 Å². The fourth-order valence-corrected chi connectivity index (χ4v) is 1.47. The summed E-state index contributed by atoms with van der Waals surface area (Å²) in [7, 11) is 0. The zero-order valence-electron chi connectivity index (χ0n) is 10.2. The summed E-state index contributed by atoms with van der Waals surface area (Å²) in [5.41, 5.74) is 0. The minimum atomic E-state index is -6.06. The second-order valence-electron chi connectivity index (χ2n) is 3.83. The largest absolute Gasteiger partial charge is 0.499 e. The summed E-state index contributed by atoms with van der Waals surface area (Å²) in [5.74, 6) is -2.31. The van der Waals surface area contributed by atoms with E-state index >= 15 is 0 Å². The van der Waals surface area contributed by atoms with Crippen LogP contribution in [0.1, 0.15) is 0 Å². The number of hydrogen-bond acceptors (Lipinski definition) is 2. The molecule has 1 rings (SSSR count). The molecule has 0 amide bonds. The van der Waals surface area contributed by atoms with Gasteiger partial charge in [-0.05, 0) is 34.1 Å². The van der Waals surface area contributed by atoms with Crippen LogP contribution >= 0.6 is 15.9 Å². The molecule has 0 spiro atoms. The monoisotopic (exact) mass is 424 g/mol. The van der Waals surface area contributed by atoms with Crippen molar-refractivity contribution in [1.29, 1.82) is 0 Å². The molecule has 0 heterocycles. The van der Waals surface area contributed by atoms with E-state index in [1.807, 2.05) is 0 Å². The van der Waals surface area contributed by atoms with Crippen molar-refractivity contribution in [2.24, 2.45) is 0 Å². The third kappa shape index (κ3) is 4.54. The number of halogens is 11. The third-order valence-corrected chi connectivity index (χ3v) is 2.67. The molecule has 0 fully saturated rings. The minimum absolute atomic E-state index is 0.297. The Hall–Kier alpha value is -1.40. The van der Waals surface area contributed by atoms with Crippen molar-refractivity contribution < 1.29 is 53.4 Å². The van der Waals surface area contributed by atoms with E-state index < -0.39 is 40.5 Å². The zero-order valence-corrected chi connectivity index (χ0v) is 11.8.